The molecule has 14 heavy (non-hydrogen) atoms. The molecule has 0 bridgehead atoms. The zero-order valence-corrected chi connectivity index (χ0v) is 8.11. The van der Waals surface area contributed by atoms with Gasteiger partial charge in [0, 0.05) is 11.9 Å². The zero-order chi connectivity index (χ0) is 9.97. The van der Waals surface area contributed by atoms with Crippen molar-refractivity contribution in [1.29, 1.82) is 0 Å². The maximum atomic E-state index is 9.61. The van der Waals surface area contributed by atoms with Crippen molar-refractivity contribution in [3.8, 4) is 0 Å². The Kier molecular flexibility index (Phi) is 2.79. The van der Waals surface area contributed by atoms with E-state index in [2.05, 4.69) is 4.98 Å². The summed E-state index contributed by atoms with van der Waals surface area (Å²) in [5.74, 6) is 0. The molecule has 0 aliphatic heterocycles. The SMILES string of the molecule is OC[C@H](O)c1ccnc2c1CCCC2. The highest BCUT2D eigenvalue weighted by Gasteiger charge is 2.17. The Hall–Kier alpha value is -0.930. The first-order chi connectivity index (χ1) is 6.83. The number of rotatable bonds is 2. The number of aromatic nitrogens is 1. The van der Waals surface area contributed by atoms with Crippen LogP contribution in [0.25, 0.3) is 0 Å². The summed E-state index contributed by atoms with van der Waals surface area (Å²) in [5, 5.41) is 18.5. The zero-order valence-electron chi connectivity index (χ0n) is 8.11. The number of nitrogens with zero attached hydrogens (tertiary/aromatic N) is 1. The summed E-state index contributed by atoms with van der Waals surface area (Å²) in [7, 11) is 0. The summed E-state index contributed by atoms with van der Waals surface area (Å²) in [4.78, 5) is 4.30. The van der Waals surface area contributed by atoms with Gasteiger partial charge >= 0.3 is 0 Å². The molecule has 2 N–H and O–H groups in total. The number of hydrogen-bond donors (Lipinski definition) is 2. The normalized spacial score (nSPS) is 17.6. The molecular weight excluding hydrogens is 178 g/mol. The number of aliphatic hydroxyl groups is 2. The van der Waals surface area contributed by atoms with Gasteiger partial charge in [0.2, 0.25) is 0 Å². The first-order valence-electron chi connectivity index (χ1n) is 5.08. The monoisotopic (exact) mass is 193 g/mol. The van der Waals surface area contributed by atoms with Gasteiger partial charge in [0.05, 0.1) is 6.61 Å². The first-order valence-corrected chi connectivity index (χ1v) is 5.08. The second-order valence-corrected chi connectivity index (χ2v) is 3.73. The van der Waals surface area contributed by atoms with Gasteiger partial charge in [-0.3, -0.25) is 4.98 Å². The Bertz CT molecular complexity index is 325. The highest BCUT2D eigenvalue weighted by molar-refractivity contribution is 5.33. The number of fused-ring (bicyclic) bond motifs is 1. The molecule has 0 saturated carbocycles. The fourth-order valence-corrected chi connectivity index (χ4v) is 2.06. The molecule has 1 aliphatic carbocycles. The average Bonchev–Trinajstić information content (AvgIpc) is 2.27. The van der Waals surface area contributed by atoms with E-state index in [4.69, 9.17) is 5.11 Å². The van der Waals surface area contributed by atoms with Gasteiger partial charge in [-0.15, -0.1) is 0 Å². The van der Waals surface area contributed by atoms with Gasteiger partial charge in [-0.25, -0.2) is 0 Å². The predicted molar refractivity (Wildman–Crippen MR) is 52.9 cm³/mol. The third kappa shape index (κ3) is 1.65. The average molecular weight is 193 g/mol. The van der Waals surface area contributed by atoms with Crippen molar-refractivity contribution in [2.45, 2.75) is 31.8 Å². The van der Waals surface area contributed by atoms with Gasteiger partial charge in [0.15, 0.2) is 0 Å². The quantitative estimate of drug-likeness (QED) is 0.736. The highest BCUT2D eigenvalue weighted by Crippen LogP contribution is 2.26. The molecule has 1 heterocycles. The molecule has 0 aromatic carbocycles. The van der Waals surface area contributed by atoms with Crippen LogP contribution in [-0.4, -0.2) is 21.8 Å². The predicted octanol–water partition coefficient (Wildman–Crippen LogP) is 0.986. The van der Waals surface area contributed by atoms with Crippen LogP contribution in [-0.2, 0) is 12.8 Å². The van der Waals surface area contributed by atoms with E-state index in [-0.39, 0.29) is 6.61 Å². The van der Waals surface area contributed by atoms with Crippen molar-refractivity contribution in [3.05, 3.63) is 29.1 Å². The van der Waals surface area contributed by atoms with Crippen molar-refractivity contribution in [2.24, 2.45) is 0 Å². The fraction of sp³-hybridized carbons (Fsp3) is 0.545. The molecule has 0 unspecified atom stereocenters. The second-order valence-electron chi connectivity index (χ2n) is 3.73. The van der Waals surface area contributed by atoms with Crippen LogP contribution in [0.3, 0.4) is 0 Å². The number of hydrogen-bond acceptors (Lipinski definition) is 3. The summed E-state index contributed by atoms with van der Waals surface area (Å²) < 4.78 is 0. The van der Waals surface area contributed by atoms with Crippen molar-refractivity contribution in [2.75, 3.05) is 6.61 Å². The van der Waals surface area contributed by atoms with E-state index in [1.165, 1.54) is 6.42 Å². The van der Waals surface area contributed by atoms with E-state index < -0.39 is 6.10 Å². The standard InChI is InChI=1S/C11H15NO2/c13-7-11(14)9-5-6-12-10-4-2-1-3-8(9)10/h5-6,11,13-14H,1-4,7H2/t11-/m0/s1. The Morgan fingerprint density at radius 3 is 2.93 bits per heavy atom. The largest absolute Gasteiger partial charge is 0.393 e. The Morgan fingerprint density at radius 2 is 2.14 bits per heavy atom. The summed E-state index contributed by atoms with van der Waals surface area (Å²) in [5.41, 5.74) is 3.11. The van der Waals surface area contributed by atoms with E-state index in [9.17, 15) is 5.11 Å². The Morgan fingerprint density at radius 1 is 1.36 bits per heavy atom. The summed E-state index contributed by atoms with van der Waals surface area (Å²) in [6.45, 7) is -0.212. The van der Waals surface area contributed by atoms with Crippen LogP contribution in [0.1, 0.15) is 35.8 Å². The fourth-order valence-electron chi connectivity index (χ4n) is 2.06. The lowest BCUT2D eigenvalue weighted by atomic mass is 9.90. The molecule has 0 fully saturated rings. The van der Waals surface area contributed by atoms with Gasteiger partial charge in [-0.2, -0.15) is 0 Å². The van der Waals surface area contributed by atoms with Crippen LogP contribution in [0.4, 0.5) is 0 Å². The Balaban J connectivity index is 2.39. The van der Waals surface area contributed by atoms with Crippen molar-refractivity contribution >= 4 is 0 Å². The topological polar surface area (TPSA) is 53.4 Å². The molecule has 0 saturated heterocycles. The van der Waals surface area contributed by atoms with E-state index >= 15 is 0 Å². The Labute approximate surface area is 83.4 Å². The maximum Gasteiger partial charge on any atom is 0.102 e. The molecule has 1 atom stereocenters. The molecule has 2 rings (SSSR count). The van der Waals surface area contributed by atoms with E-state index in [1.807, 2.05) is 6.07 Å². The molecule has 1 aromatic rings. The van der Waals surface area contributed by atoms with Crippen LogP contribution in [0.15, 0.2) is 12.3 Å². The molecule has 3 heteroatoms. The first kappa shape index (κ1) is 9.62. The minimum absolute atomic E-state index is 0.212. The van der Waals surface area contributed by atoms with Crippen molar-refractivity contribution < 1.29 is 10.2 Å². The molecule has 1 aliphatic rings. The minimum Gasteiger partial charge on any atom is -0.393 e. The van der Waals surface area contributed by atoms with Gasteiger partial charge in [-0.1, -0.05) is 0 Å². The third-order valence-electron chi connectivity index (χ3n) is 2.80. The van der Waals surface area contributed by atoms with E-state index in [0.717, 1.165) is 36.1 Å². The molecular formula is C11H15NO2. The molecule has 0 amide bonds. The lowest BCUT2D eigenvalue weighted by Gasteiger charge is -2.20. The van der Waals surface area contributed by atoms with Crippen LogP contribution in [0.2, 0.25) is 0 Å². The van der Waals surface area contributed by atoms with Gasteiger partial charge in [0.25, 0.3) is 0 Å². The molecule has 0 spiro atoms. The van der Waals surface area contributed by atoms with E-state index in [0.29, 0.717) is 0 Å². The maximum absolute atomic E-state index is 9.61. The number of aryl methyl sites for hydroxylation is 1. The minimum atomic E-state index is -0.746. The summed E-state index contributed by atoms with van der Waals surface area (Å²) >= 11 is 0. The van der Waals surface area contributed by atoms with Gasteiger partial charge in [0.1, 0.15) is 6.10 Å². The third-order valence-corrected chi connectivity index (χ3v) is 2.80. The van der Waals surface area contributed by atoms with Gasteiger partial charge in [-0.05, 0) is 42.9 Å². The lowest BCUT2D eigenvalue weighted by Crippen LogP contribution is -2.13. The summed E-state index contributed by atoms with van der Waals surface area (Å²) in [6.07, 6.45) is 5.29. The van der Waals surface area contributed by atoms with Crippen LogP contribution in [0.5, 0.6) is 0 Å². The molecule has 3 nitrogen and oxygen atoms in total. The smallest absolute Gasteiger partial charge is 0.102 e. The highest BCUT2D eigenvalue weighted by atomic mass is 16.3. The molecule has 76 valence electrons. The summed E-state index contributed by atoms with van der Waals surface area (Å²) in [6, 6.07) is 1.81. The lowest BCUT2D eigenvalue weighted by molar-refractivity contribution is 0.0946. The van der Waals surface area contributed by atoms with Crippen molar-refractivity contribution in [3.63, 3.8) is 0 Å². The second kappa shape index (κ2) is 4.07. The van der Waals surface area contributed by atoms with Crippen molar-refractivity contribution in [1.82, 2.24) is 4.98 Å². The number of aliphatic hydroxyl groups excluding tert-OH is 2. The molecule has 0 radical (unpaired) electrons. The number of pyridine rings is 1. The molecule has 1 aromatic heterocycles. The van der Waals surface area contributed by atoms with Crippen LogP contribution in [0, 0.1) is 0 Å². The van der Waals surface area contributed by atoms with E-state index in [1.54, 1.807) is 6.20 Å². The van der Waals surface area contributed by atoms with Crippen LogP contribution >= 0.6 is 0 Å². The van der Waals surface area contributed by atoms with Gasteiger partial charge < -0.3 is 10.2 Å². The van der Waals surface area contributed by atoms with Crippen LogP contribution < -0.4 is 0 Å².